The molecule has 4 heteroatoms. The lowest BCUT2D eigenvalue weighted by atomic mass is 10.2. The predicted molar refractivity (Wildman–Crippen MR) is 54.7 cm³/mol. The largest absolute Gasteiger partial charge is 0.354 e. The smallest absolute Gasteiger partial charge is 0.221 e. The highest BCUT2D eigenvalue weighted by atomic mass is 19.1. The third kappa shape index (κ3) is 2.76. The van der Waals surface area contributed by atoms with Crippen molar-refractivity contribution in [1.29, 1.82) is 0 Å². The molecule has 1 aromatic rings. The molecule has 1 fully saturated rings. The van der Waals surface area contributed by atoms with Crippen LogP contribution in [0.25, 0.3) is 0 Å². The topological polar surface area (TPSA) is 41.1 Å². The van der Waals surface area contributed by atoms with Gasteiger partial charge in [0.15, 0.2) is 0 Å². The molecule has 0 bridgehead atoms. The van der Waals surface area contributed by atoms with E-state index in [0.29, 0.717) is 19.5 Å². The Morgan fingerprint density at radius 1 is 1.40 bits per heavy atom. The third-order valence-electron chi connectivity index (χ3n) is 2.49. The van der Waals surface area contributed by atoms with Crippen LogP contribution in [0.15, 0.2) is 24.3 Å². The van der Waals surface area contributed by atoms with Crippen molar-refractivity contribution in [3.63, 3.8) is 0 Å². The number of halogens is 1. The summed E-state index contributed by atoms with van der Waals surface area (Å²) in [5.41, 5.74) is 1.02. The van der Waals surface area contributed by atoms with Crippen LogP contribution in [0.2, 0.25) is 0 Å². The summed E-state index contributed by atoms with van der Waals surface area (Å²) in [7, 11) is 0. The van der Waals surface area contributed by atoms with Gasteiger partial charge in [0.2, 0.25) is 5.91 Å². The number of nitrogens with one attached hydrogen (secondary N) is 2. The number of hydrogen-bond donors (Lipinski definition) is 2. The van der Waals surface area contributed by atoms with Crippen LogP contribution in [-0.2, 0) is 11.3 Å². The standard InChI is InChI=1S/C11H13FN2O/c12-9-3-1-8(2-4-9)6-13-10-5-11(15)14-7-10/h1-4,10,13H,5-7H2,(H,14,15). The summed E-state index contributed by atoms with van der Waals surface area (Å²) < 4.78 is 12.6. The molecule has 0 aliphatic carbocycles. The van der Waals surface area contributed by atoms with Gasteiger partial charge in [0.05, 0.1) is 0 Å². The van der Waals surface area contributed by atoms with E-state index in [1.807, 2.05) is 0 Å². The molecule has 0 saturated carbocycles. The second kappa shape index (κ2) is 4.40. The summed E-state index contributed by atoms with van der Waals surface area (Å²) in [5.74, 6) is -0.136. The van der Waals surface area contributed by atoms with E-state index < -0.39 is 0 Å². The van der Waals surface area contributed by atoms with Gasteiger partial charge in [-0.15, -0.1) is 0 Å². The summed E-state index contributed by atoms with van der Waals surface area (Å²) >= 11 is 0. The van der Waals surface area contributed by atoms with Crippen LogP contribution < -0.4 is 10.6 Å². The van der Waals surface area contributed by atoms with Crippen LogP contribution in [0.3, 0.4) is 0 Å². The normalized spacial score (nSPS) is 20.3. The first-order valence-corrected chi connectivity index (χ1v) is 4.98. The molecule has 80 valence electrons. The number of carbonyl (C=O) groups is 1. The lowest BCUT2D eigenvalue weighted by Crippen LogP contribution is -2.30. The number of rotatable bonds is 3. The SMILES string of the molecule is O=C1CC(NCc2ccc(F)cc2)CN1. The minimum absolute atomic E-state index is 0.0895. The molecule has 0 aromatic heterocycles. The summed E-state index contributed by atoms with van der Waals surface area (Å²) in [6, 6.07) is 6.56. The summed E-state index contributed by atoms with van der Waals surface area (Å²) in [6.45, 7) is 1.35. The van der Waals surface area contributed by atoms with E-state index >= 15 is 0 Å². The maximum atomic E-state index is 12.6. The van der Waals surface area contributed by atoms with Gasteiger partial charge in [-0.1, -0.05) is 12.1 Å². The number of benzene rings is 1. The average Bonchev–Trinajstić information content (AvgIpc) is 2.64. The number of amides is 1. The van der Waals surface area contributed by atoms with Gasteiger partial charge in [-0.25, -0.2) is 4.39 Å². The molecular formula is C11H13FN2O. The Bertz CT molecular complexity index is 350. The summed E-state index contributed by atoms with van der Waals surface area (Å²) in [6.07, 6.45) is 0.529. The Morgan fingerprint density at radius 3 is 2.73 bits per heavy atom. The summed E-state index contributed by atoms with van der Waals surface area (Å²) in [4.78, 5) is 10.9. The van der Waals surface area contributed by atoms with Gasteiger partial charge in [0.25, 0.3) is 0 Å². The van der Waals surface area contributed by atoms with E-state index in [0.717, 1.165) is 5.56 Å². The van der Waals surface area contributed by atoms with Crippen LogP contribution in [0.1, 0.15) is 12.0 Å². The third-order valence-corrected chi connectivity index (χ3v) is 2.49. The fourth-order valence-electron chi connectivity index (χ4n) is 1.61. The molecule has 1 amide bonds. The van der Waals surface area contributed by atoms with E-state index in [1.54, 1.807) is 12.1 Å². The molecule has 1 aromatic carbocycles. The number of carbonyl (C=O) groups excluding carboxylic acids is 1. The van der Waals surface area contributed by atoms with Crippen molar-refractivity contribution in [2.24, 2.45) is 0 Å². The first kappa shape index (κ1) is 10.1. The van der Waals surface area contributed by atoms with Gasteiger partial charge in [-0.05, 0) is 17.7 Å². The Labute approximate surface area is 87.7 Å². The van der Waals surface area contributed by atoms with E-state index in [1.165, 1.54) is 12.1 Å². The Balaban J connectivity index is 1.83. The molecule has 1 aliphatic heterocycles. The van der Waals surface area contributed by atoms with Crippen molar-refractivity contribution in [2.45, 2.75) is 19.0 Å². The van der Waals surface area contributed by atoms with Crippen LogP contribution in [0.4, 0.5) is 4.39 Å². The molecule has 1 atom stereocenters. The van der Waals surface area contributed by atoms with Gasteiger partial charge in [-0.3, -0.25) is 4.79 Å². The van der Waals surface area contributed by atoms with Crippen LogP contribution >= 0.6 is 0 Å². The Kier molecular flexibility index (Phi) is 2.97. The maximum absolute atomic E-state index is 12.6. The van der Waals surface area contributed by atoms with Gasteiger partial charge >= 0.3 is 0 Å². The molecule has 1 unspecified atom stereocenters. The molecule has 2 rings (SSSR count). The fraction of sp³-hybridized carbons (Fsp3) is 0.364. The van der Waals surface area contributed by atoms with Crippen LogP contribution in [0, 0.1) is 5.82 Å². The molecule has 1 aliphatic rings. The highest BCUT2D eigenvalue weighted by Gasteiger charge is 2.20. The zero-order chi connectivity index (χ0) is 10.7. The first-order valence-electron chi connectivity index (χ1n) is 4.98. The van der Waals surface area contributed by atoms with E-state index in [-0.39, 0.29) is 17.8 Å². The quantitative estimate of drug-likeness (QED) is 0.771. The minimum Gasteiger partial charge on any atom is -0.354 e. The van der Waals surface area contributed by atoms with Crippen molar-refractivity contribution in [2.75, 3.05) is 6.54 Å². The van der Waals surface area contributed by atoms with Crippen LogP contribution in [0.5, 0.6) is 0 Å². The maximum Gasteiger partial charge on any atom is 0.221 e. The molecule has 0 spiro atoms. The monoisotopic (exact) mass is 208 g/mol. The van der Waals surface area contributed by atoms with E-state index in [4.69, 9.17) is 0 Å². The zero-order valence-electron chi connectivity index (χ0n) is 8.29. The Morgan fingerprint density at radius 2 is 2.13 bits per heavy atom. The van der Waals surface area contributed by atoms with Crippen molar-refractivity contribution in [3.8, 4) is 0 Å². The first-order chi connectivity index (χ1) is 7.24. The number of hydrogen-bond acceptors (Lipinski definition) is 2. The minimum atomic E-state index is -0.225. The van der Waals surface area contributed by atoms with Crippen LogP contribution in [-0.4, -0.2) is 18.5 Å². The summed E-state index contributed by atoms with van der Waals surface area (Å²) in [5, 5.41) is 6.00. The second-order valence-electron chi connectivity index (χ2n) is 3.71. The molecule has 0 radical (unpaired) electrons. The Hall–Kier alpha value is -1.42. The van der Waals surface area contributed by atoms with Crippen molar-refractivity contribution >= 4 is 5.91 Å². The predicted octanol–water partition coefficient (Wildman–Crippen LogP) is 0.804. The molecule has 1 saturated heterocycles. The van der Waals surface area contributed by atoms with E-state index in [2.05, 4.69) is 10.6 Å². The van der Waals surface area contributed by atoms with Gasteiger partial charge in [0.1, 0.15) is 5.82 Å². The van der Waals surface area contributed by atoms with Gasteiger partial charge < -0.3 is 10.6 Å². The second-order valence-corrected chi connectivity index (χ2v) is 3.71. The molecule has 1 heterocycles. The highest BCUT2D eigenvalue weighted by Crippen LogP contribution is 2.04. The molecule has 3 nitrogen and oxygen atoms in total. The zero-order valence-corrected chi connectivity index (χ0v) is 8.29. The molecule has 2 N–H and O–H groups in total. The molecular weight excluding hydrogens is 195 g/mol. The van der Waals surface area contributed by atoms with Gasteiger partial charge in [-0.2, -0.15) is 0 Å². The highest BCUT2D eigenvalue weighted by molar-refractivity contribution is 5.78. The van der Waals surface area contributed by atoms with E-state index in [9.17, 15) is 9.18 Å². The van der Waals surface area contributed by atoms with Crippen molar-refractivity contribution in [3.05, 3.63) is 35.6 Å². The van der Waals surface area contributed by atoms with Gasteiger partial charge in [0, 0.05) is 25.6 Å². The lowest BCUT2D eigenvalue weighted by Gasteiger charge is -2.09. The lowest BCUT2D eigenvalue weighted by molar-refractivity contribution is -0.119. The van der Waals surface area contributed by atoms with Crippen molar-refractivity contribution in [1.82, 2.24) is 10.6 Å². The fourth-order valence-corrected chi connectivity index (χ4v) is 1.61. The average molecular weight is 208 g/mol. The van der Waals surface area contributed by atoms with Crippen molar-refractivity contribution < 1.29 is 9.18 Å². The molecule has 15 heavy (non-hydrogen) atoms.